The molecule has 0 aliphatic heterocycles. The number of hydrogen-bond acceptors (Lipinski definition) is 2. The molecular formula is C17H24N4O. The standard InChI is InChI=1S/C17H24N4O/c1-4-15(19-20-18)14-12-17(14,13-10-8-7-9-11-13)16(22)21(5-2)6-3/h7-11,14-15H,4-6,12H2,1-3H3/t14-,15-,17+/m0/s1. The molecule has 0 spiro atoms. The van der Waals surface area contributed by atoms with Gasteiger partial charge in [0.15, 0.2) is 0 Å². The number of azide groups is 1. The van der Waals surface area contributed by atoms with Crippen LogP contribution in [0.5, 0.6) is 0 Å². The average molecular weight is 300 g/mol. The van der Waals surface area contributed by atoms with Gasteiger partial charge >= 0.3 is 0 Å². The van der Waals surface area contributed by atoms with Gasteiger partial charge < -0.3 is 4.90 Å². The molecule has 5 nitrogen and oxygen atoms in total. The van der Waals surface area contributed by atoms with Crippen LogP contribution >= 0.6 is 0 Å². The number of rotatable bonds is 7. The molecular weight excluding hydrogens is 276 g/mol. The van der Waals surface area contributed by atoms with Gasteiger partial charge in [0, 0.05) is 24.0 Å². The minimum Gasteiger partial charge on any atom is -0.342 e. The van der Waals surface area contributed by atoms with Crippen LogP contribution in [0.15, 0.2) is 35.4 Å². The van der Waals surface area contributed by atoms with Crippen LogP contribution < -0.4 is 0 Å². The van der Waals surface area contributed by atoms with Crippen LogP contribution in [0.3, 0.4) is 0 Å². The first kappa shape index (κ1) is 16.4. The number of likely N-dealkylation sites (N-methyl/N-ethyl adjacent to an activating group) is 1. The second-order valence-corrected chi connectivity index (χ2v) is 5.81. The summed E-state index contributed by atoms with van der Waals surface area (Å²) < 4.78 is 0. The molecule has 5 heteroatoms. The Labute approximate surface area is 131 Å². The summed E-state index contributed by atoms with van der Waals surface area (Å²) in [5.41, 5.74) is 9.32. The largest absolute Gasteiger partial charge is 0.342 e. The highest BCUT2D eigenvalue weighted by Gasteiger charge is 2.63. The number of amides is 1. The van der Waals surface area contributed by atoms with Crippen molar-refractivity contribution >= 4 is 5.91 Å². The fraction of sp³-hybridized carbons (Fsp3) is 0.588. The van der Waals surface area contributed by atoms with Crippen molar-refractivity contribution in [3.8, 4) is 0 Å². The molecule has 3 atom stereocenters. The van der Waals surface area contributed by atoms with Crippen molar-refractivity contribution < 1.29 is 4.79 Å². The molecule has 22 heavy (non-hydrogen) atoms. The van der Waals surface area contributed by atoms with Gasteiger partial charge in [0.1, 0.15) is 0 Å². The van der Waals surface area contributed by atoms with Crippen molar-refractivity contribution in [2.24, 2.45) is 11.0 Å². The summed E-state index contributed by atoms with van der Waals surface area (Å²) in [7, 11) is 0. The van der Waals surface area contributed by atoms with Crippen molar-refractivity contribution in [2.45, 2.75) is 45.1 Å². The molecule has 2 rings (SSSR count). The molecule has 1 aliphatic rings. The first-order chi connectivity index (χ1) is 10.6. The highest BCUT2D eigenvalue weighted by Crippen LogP contribution is 2.58. The van der Waals surface area contributed by atoms with E-state index in [1.54, 1.807) is 0 Å². The molecule has 0 N–H and O–H groups in total. The second-order valence-electron chi connectivity index (χ2n) is 5.81. The Kier molecular flexibility index (Phi) is 5.09. The first-order valence-electron chi connectivity index (χ1n) is 8.04. The van der Waals surface area contributed by atoms with Crippen LogP contribution in [0.4, 0.5) is 0 Å². The lowest BCUT2D eigenvalue weighted by atomic mass is 9.88. The van der Waals surface area contributed by atoms with Crippen molar-refractivity contribution in [1.82, 2.24) is 4.90 Å². The van der Waals surface area contributed by atoms with Gasteiger partial charge in [0.25, 0.3) is 0 Å². The summed E-state index contributed by atoms with van der Waals surface area (Å²) in [5.74, 6) is 0.268. The second kappa shape index (κ2) is 6.84. The maximum atomic E-state index is 13.1. The van der Waals surface area contributed by atoms with E-state index in [0.29, 0.717) is 13.1 Å². The molecule has 0 radical (unpaired) electrons. The molecule has 0 bridgehead atoms. The van der Waals surface area contributed by atoms with Gasteiger partial charge in [-0.2, -0.15) is 0 Å². The van der Waals surface area contributed by atoms with Crippen LogP contribution in [0, 0.1) is 5.92 Å². The highest BCUT2D eigenvalue weighted by atomic mass is 16.2. The Balaban J connectivity index is 2.41. The van der Waals surface area contributed by atoms with Crippen molar-refractivity contribution in [1.29, 1.82) is 0 Å². The zero-order chi connectivity index (χ0) is 16.2. The molecule has 0 aromatic heterocycles. The normalized spacial score (nSPS) is 24.2. The van der Waals surface area contributed by atoms with E-state index in [4.69, 9.17) is 5.53 Å². The van der Waals surface area contributed by atoms with E-state index in [9.17, 15) is 4.79 Å². The van der Waals surface area contributed by atoms with Gasteiger partial charge in [-0.3, -0.25) is 4.79 Å². The molecule has 1 aromatic rings. The smallest absolute Gasteiger partial charge is 0.233 e. The van der Waals surface area contributed by atoms with Crippen LogP contribution in [-0.4, -0.2) is 29.9 Å². The Morgan fingerprint density at radius 2 is 2.00 bits per heavy atom. The number of hydrogen-bond donors (Lipinski definition) is 0. The van der Waals surface area contributed by atoms with Crippen LogP contribution in [0.1, 0.15) is 39.2 Å². The topological polar surface area (TPSA) is 69.1 Å². The number of nitrogens with zero attached hydrogens (tertiary/aromatic N) is 4. The Hall–Kier alpha value is -2.00. The minimum absolute atomic E-state index is 0.101. The van der Waals surface area contributed by atoms with Gasteiger partial charge in [0.2, 0.25) is 5.91 Å². The maximum absolute atomic E-state index is 13.1. The molecule has 0 unspecified atom stereocenters. The molecule has 0 heterocycles. The van der Waals surface area contributed by atoms with Gasteiger partial charge in [-0.1, -0.05) is 42.4 Å². The van der Waals surface area contributed by atoms with E-state index >= 15 is 0 Å². The van der Waals surface area contributed by atoms with Crippen molar-refractivity contribution in [3.63, 3.8) is 0 Å². The minimum atomic E-state index is -0.512. The lowest BCUT2D eigenvalue weighted by molar-refractivity contribution is -0.134. The fourth-order valence-corrected chi connectivity index (χ4v) is 3.50. The van der Waals surface area contributed by atoms with E-state index in [2.05, 4.69) is 10.0 Å². The number of carbonyl (C=O) groups excluding carboxylic acids is 1. The Morgan fingerprint density at radius 1 is 1.36 bits per heavy atom. The third kappa shape index (κ3) is 2.69. The van der Waals surface area contributed by atoms with E-state index < -0.39 is 5.41 Å². The zero-order valence-corrected chi connectivity index (χ0v) is 13.6. The quantitative estimate of drug-likeness (QED) is 0.427. The van der Waals surface area contributed by atoms with Gasteiger partial charge in [-0.25, -0.2) is 0 Å². The predicted octanol–water partition coefficient (Wildman–Crippen LogP) is 3.90. The third-order valence-corrected chi connectivity index (χ3v) is 4.82. The average Bonchev–Trinajstić information content (AvgIpc) is 3.31. The number of carbonyl (C=O) groups is 1. The molecule has 1 aromatic carbocycles. The molecule has 118 valence electrons. The lowest BCUT2D eigenvalue weighted by Gasteiger charge is -2.27. The van der Waals surface area contributed by atoms with Gasteiger partial charge in [-0.05, 0) is 43.7 Å². The summed E-state index contributed by atoms with van der Waals surface area (Å²) >= 11 is 0. The van der Waals surface area contributed by atoms with Gasteiger partial charge in [-0.15, -0.1) is 0 Å². The predicted molar refractivity (Wildman–Crippen MR) is 87.4 cm³/mol. The molecule has 1 aliphatic carbocycles. The van der Waals surface area contributed by atoms with E-state index in [1.807, 2.05) is 56.0 Å². The summed E-state index contributed by atoms with van der Waals surface area (Å²) in [5, 5.41) is 3.93. The lowest BCUT2D eigenvalue weighted by Crippen LogP contribution is -2.41. The highest BCUT2D eigenvalue weighted by molar-refractivity contribution is 5.92. The van der Waals surface area contributed by atoms with E-state index in [0.717, 1.165) is 18.4 Å². The summed E-state index contributed by atoms with van der Waals surface area (Å²) in [6.45, 7) is 7.42. The monoisotopic (exact) mass is 300 g/mol. The van der Waals surface area contributed by atoms with Crippen LogP contribution in [0.2, 0.25) is 0 Å². The third-order valence-electron chi connectivity index (χ3n) is 4.82. The molecule has 0 saturated heterocycles. The number of benzene rings is 1. The van der Waals surface area contributed by atoms with Crippen LogP contribution in [0.25, 0.3) is 10.4 Å². The summed E-state index contributed by atoms with van der Waals surface area (Å²) in [4.78, 5) is 18.0. The van der Waals surface area contributed by atoms with E-state index in [-0.39, 0.29) is 17.9 Å². The van der Waals surface area contributed by atoms with Gasteiger partial charge in [0.05, 0.1) is 5.41 Å². The maximum Gasteiger partial charge on any atom is 0.233 e. The SMILES string of the molecule is CC[C@H](N=[N+]=[N-])[C@@H]1C[C@@]1(C(=O)N(CC)CC)c1ccccc1. The van der Waals surface area contributed by atoms with E-state index in [1.165, 1.54) is 0 Å². The summed E-state index contributed by atoms with van der Waals surface area (Å²) in [6.07, 6.45) is 1.53. The molecule has 1 amide bonds. The first-order valence-corrected chi connectivity index (χ1v) is 8.04. The van der Waals surface area contributed by atoms with Crippen molar-refractivity contribution in [2.75, 3.05) is 13.1 Å². The zero-order valence-electron chi connectivity index (χ0n) is 13.6. The summed E-state index contributed by atoms with van der Waals surface area (Å²) in [6, 6.07) is 9.81. The fourth-order valence-electron chi connectivity index (χ4n) is 3.50. The Bertz CT molecular complexity index is 563. The van der Waals surface area contributed by atoms with Crippen molar-refractivity contribution in [3.05, 3.63) is 46.3 Å². The molecule has 1 saturated carbocycles. The van der Waals surface area contributed by atoms with Crippen LogP contribution in [-0.2, 0) is 10.2 Å². The molecule has 1 fully saturated rings. The Morgan fingerprint density at radius 3 is 2.50 bits per heavy atom.